The van der Waals surface area contributed by atoms with E-state index in [9.17, 15) is 4.79 Å². The molecule has 28 heavy (non-hydrogen) atoms. The van der Waals surface area contributed by atoms with Crippen LogP contribution in [0, 0.1) is 11.3 Å². The van der Waals surface area contributed by atoms with Gasteiger partial charge >= 0.3 is 0 Å². The second-order valence-corrected chi connectivity index (χ2v) is 6.13. The van der Waals surface area contributed by atoms with Gasteiger partial charge in [-0.1, -0.05) is 18.2 Å². The summed E-state index contributed by atoms with van der Waals surface area (Å²) in [6.07, 6.45) is 1.74. The minimum atomic E-state index is -0.252. The molecule has 0 atom stereocenters. The Morgan fingerprint density at radius 2 is 1.96 bits per heavy atom. The molecule has 0 aliphatic heterocycles. The predicted molar refractivity (Wildman–Crippen MR) is 107 cm³/mol. The van der Waals surface area contributed by atoms with Gasteiger partial charge in [0.25, 0.3) is 5.91 Å². The zero-order valence-corrected chi connectivity index (χ0v) is 15.1. The molecule has 0 fully saturated rings. The van der Waals surface area contributed by atoms with Crippen LogP contribution in [-0.2, 0) is 0 Å². The summed E-state index contributed by atoms with van der Waals surface area (Å²) in [5, 5.41) is 11.9. The molecular formula is C22H16N4O2. The van der Waals surface area contributed by atoms with Crippen molar-refractivity contribution < 1.29 is 9.53 Å². The highest BCUT2D eigenvalue weighted by Gasteiger charge is 2.11. The second kappa shape index (κ2) is 7.25. The quantitative estimate of drug-likeness (QED) is 0.587. The summed E-state index contributed by atoms with van der Waals surface area (Å²) in [6.45, 7) is 0. The summed E-state index contributed by atoms with van der Waals surface area (Å²) in [7, 11) is 1.49. The lowest BCUT2D eigenvalue weighted by Gasteiger charge is -2.10. The number of carbonyl (C=O) groups is 1. The number of amides is 1. The van der Waals surface area contributed by atoms with Crippen LogP contribution in [0.1, 0.15) is 15.9 Å². The molecule has 0 aliphatic carbocycles. The number of hydrogen-bond acceptors (Lipinski definition) is 4. The van der Waals surface area contributed by atoms with E-state index in [1.165, 1.54) is 7.11 Å². The summed E-state index contributed by atoms with van der Waals surface area (Å²) in [4.78, 5) is 17.1. The summed E-state index contributed by atoms with van der Waals surface area (Å²) < 4.78 is 7.13. The first-order valence-corrected chi connectivity index (χ1v) is 8.61. The monoisotopic (exact) mass is 368 g/mol. The molecule has 1 N–H and O–H groups in total. The lowest BCUT2D eigenvalue weighted by atomic mass is 10.1. The van der Waals surface area contributed by atoms with Gasteiger partial charge in [0.05, 0.1) is 23.7 Å². The second-order valence-electron chi connectivity index (χ2n) is 6.13. The van der Waals surface area contributed by atoms with Gasteiger partial charge in [-0.05, 0) is 42.5 Å². The molecule has 1 amide bonds. The third-order valence-electron chi connectivity index (χ3n) is 4.42. The Hall–Kier alpha value is -4.11. The van der Waals surface area contributed by atoms with Gasteiger partial charge in [0, 0.05) is 23.0 Å². The van der Waals surface area contributed by atoms with Crippen molar-refractivity contribution in [2.45, 2.75) is 0 Å². The predicted octanol–water partition coefficient (Wildman–Crippen LogP) is 4.16. The van der Waals surface area contributed by atoms with Crippen LogP contribution in [0.15, 0.2) is 73.1 Å². The number of para-hydroxylation sites is 2. The van der Waals surface area contributed by atoms with Crippen molar-refractivity contribution in [2.75, 3.05) is 12.4 Å². The summed E-state index contributed by atoms with van der Waals surface area (Å²) in [6, 6.07) is 22.1. The van der Waals surface area contributed by atoms with Gasteiger partial charge in [0.2, 0.25) is 0 Å². The lowest BCUT2D eigenvalue weighted by Crippen LogP contribution is -2.12. The molecule has 1 heterocycles. The molecular weight excluding hydrogens is 352 g/mol. The van der Waals surface area contributed by atoms with Crippen LogP contribution in [0.3, 0.4) is 0 Å². The number of fused-ring (bicyclic) bond motifs is 1. The Morgan fingerprint density at radius 1 is 1.11 bits per heavy atom. The fraction of sp³-hybridized carbons (Fsp3) is 0.0455. The molecule has 0 saturated heterocycles. The normalized spacial score (nSPS) is 10.4. The third kappa shape index (κ3) is 3.17. The molecule has 0 spiro atoms. The van der Waals surface area contributed by atoms with Crippen molar-refractivity contribution in [3.05, 3.63) is 84.2 Å². The highest BCUT2D eigenvalue weighted by molar-refractivity contribution is 6.04. The largest absolute Gasteiger partial charge is 0.495 e. The van der Waals surface area contributed by atoms with E-state index in [4.69, 9.17) is 10.00 Å². The van der Waals surface area contributed by atoms with E-state index in [-0.39, 0.29) is 5.91 Å². The molecule has 0 radical (unpaired) electrons. The van der Waals surface area contributed by atoms with Crippen LogP contribution in [-0.4, -0.2) is 22.6 Å². The van der Waals surface area contributed by atoms with Gasteiger partial charge in [0.15, 0.2) is 0 Å². The Kier molecular flexibility index (Phi) is 4.48. The van der Waals surface area contributed by atoms with Crippen molar-refractivity contribution in [1.29, 1.82) is 5.26 Å². The molecule has 6 heteroatoms. The molecule has 0 aliphatic rings. The molecule has 4 aromatic rings. The number of carbonyl (C=O) groups excluding carboxylic acids is 1. The summed E-state index contributed by atoms with van der Waals surface area (Å²) in [5.74, 6) is 0.164. The Morgan fingerprint density at radius 3 is 2.79 bits per heavy atom. The van der Waals surface area contributed by atoms with Gasteiger partial charge < -0.3 is 10.1 Å². The van der Waals surface area contributed by atoms with Gasteiger partial charge in [0.1, 0.15) is 18.1 Å². The van der Waals surface area contributed by atoms with E-state index in [1.807, 2.05) is 53.1 Å². The van der Waals surface area contributed by atoms with E-state index in [2.05, 4.69) is 10.3 Å². The average molecular weight is 368 g/mol. The topological polar surface area (TPSA) is 79.9 Å². The molecule has 0 bridgehead atoms. The van der Waals surface area contributed by atoms with Crippen molar-refractivity contribution in [1.82, 2.24) is 9.55 Å². The van der Waals surface area contributed by atoms with Crippen LogP contribution in [0.4, 0.5) is 5.69 Å². The van der Waals surface area contributed by atoms with Crippen molar-refractivity contribution in [3.63, 3.8) is 0 Å². The average Bonchev–Trinajstić information content (AvgIpc) is 3.18. The number of hydrogen-bond donors (Lipinski definition) is 1. The maximum absolute atomic E-state index is 12.7. The highest BCUT2D eigenvalue weighted by Crippen LogP contribution is 2.23. The number of nitrogens with one attached hydrogen (secondary N) is 1. The van der Waals surface area contributed by atoms with Gasteiger partial charge in [-0.3, -0.25) is 9.36 Å². The fourth-order valence-electron chi connectivity index (χ4n) is 3.03. The Balaban J connectivity index is 1.63. The first-order valence-electron chi connectivity index (χ1n) is 8.61. The van der Waals surface area contributed by atoms with Crippen LogP contribution >= 0.6 is 0 Å². The summed E-state index contributed by atoms with van der Waals surface area (Å²) in [5.41, 5.74) is 4.19. The maximum Gasteiger partial charge on any atom is 0.255 e. The zero-order chi connectivity index (χ0) is 19.5. The minimum absolute atomic E-state index is 0.252. The van der Waals surface area contributed by atoms with Crippen LogP contribution < -0.4 is 10.1 Å². The van der Waals surface area contributed by atoms with Gasteiger partial charge in [-0.25, -0.2) is 4.98 Å². The molecule has 0 unspecified atom stereocenters. The van der Waals surface area contributed by atoms with Crippen LogP contribution in [0.2, 0.25) is 0 Å². The number of ether oxygens (including phenoxy) is 1. The lowest BCUT2D eigenvalue weighted by molar-refractivity contribution is 0.102. The fourth-order valence-corrected chi connectivity index (χ4v) is 3.03. The minimum Gasteiger partial charge on any atom is -0.495 e. The van der Waals surface area contributed by atoms with E-state index in [0.717, 1.165) is 16.7 Å². The van der Waals surface area contributed by atoms with Crippen molar-refractivity contribution >= 4 is 22.6 Å². The summed E-state index contributed by atoms with van der Waals surface area (Å²) >= 11 is 0. The molecule has 3 aromatic carbocycles. The molecule has 136 valence electrons. The molecule has 0 saturated carbocycles. The van der Waals surface area contributed by atoms with Crippen LogP contribution in [0.25, 0.3) is 16.7 Å². The number of imidazole rings is 1. The smallest absolute Gasteiger partial charge is 0.255 e. The molecule has 6 nitrogen and oxygen atoms in total. The maximum atomic E-state index is 12.7. The number of benzene rings is 3. The number of aromatic nitrogens is 2. The Bertz CT molecular complexity index is 1220. The number of nitriles is 1. The van der Waals surface area contributed by atoms with Crippen LogP contribution in [0.5, 0.6) is 5.75 Å². The third-order valence-corrected chi connectivity index (χ3v) is 4.42. The molecule has 4 rings (SSSR count). The van der Waals surface area contributed by atoms with E-state index >= 15 is 0 Å². The van der Waals surface area contributed by atoms with Crippen molar-refractivity contribution in [3.8, 4) is 17.5 Å². The number of methoxy groups -OCH3 is 1. The van der Waals surface area contributed by atoms with E-state index in [0.29, 0.717) is 22.6 Å². The standard InChI is InChI=1S/C22H16N4O2/c1-28-21-12-17(10-9-16(21)13-23)25-22(27)15-5-4-6-18(11-15)26-14-24-19-7-2-3-8-20(19)26/h2-12,14H,1H3,(H,25,27). The SMILES string of the molecule is COc1cc(NC(=O)c2cccc(-n3cnc4ccccc43)c2)ccc1C#N. The first-order chi connectivity index (χ1) is 13.7. The van der Waals surface area contributed by atoms with E-state index in [1.54, 1.807) is 30.6 Å². The number of rotatable bonds is 4. The highest BCUT2D eigenvalue weighted by atomic mass is 16.5. The number of nitrogens with zero attached hydrogens (tertiary/aromatic N) is 3. The van der Waals surface area contributed by atoms with Gasteiger partial charge in [-0.2, -0.15) is 5.26 Å². The van der Waals surface area contributed by atoms with Crippen molar-refractivity contribution in [2.24, 2.45) is 0 Å². The van der Waals surface area contributed by atoms with Gasteiger partial charge in [-0.15, -0.1) is 0 Å². The Labute approximate surface area is 161 Å². The van der Waals surface area contributed by atoms with E-state index < -0.39 is 0 Å². The zero-order valence-electron chi connectivity index (χ0n) is 15.1. The first kappa shape index (κ1) is 17.3. The molecule has 1 aromatic heterocycles. The number of anilines is 1.